The van der Waals surface area contributed by atoms with Crippen LogP contribution >= 0.6 is 23.2 Å². The van der Waals surface area contributed by atoms with Gasteiger partial charge in [0.05, 0.1) is 11.6 Å². The summed E-state index contributed by atoms with van der Waals surface area (Å²) in [7, 11) is 0. The summed E-state index contributed by atoms with van der Waals surface area (Å²) < 4.78 is 7.09. The van der Waals surface area contributed by atoms with E-state index in [1.807, 2.05) is 13.8 Å². The third kappa shape index (κ3) is 4.61. The number of carbonyl (C=O) groups is 1. The summed E-state index contributed by atoms with van der Waals surface area (Å²) in [6.45, 7) is 4.58. The lowest BCUT2D eigenvalue weighted by Gasteiger charge is -2.09. The first-order chi connectivity index (χ1) is 10.5. The molecule has 8 heteroatoms. The van der Waals surface area contributed by atoms with Crippen molar-refractivity contribution in [2.45, 2.75) is 20.4 Å². The van der Waals surface area contributed by atoms with Crippen LogP contribution in [0.1, 0.15) is 11.6 Å². The van der Waals surface area contributed by atoms with E-state index in [-0.39, 0.29) is 12.5 Å². The number of halogens is 2. The van der Waals surface area contributed by atoms with Crippen molar-refractivity contribution in [2.24, 2.45) is 0 Å². The number of aryl methyl sites for hydroxylation is 2. The summed E-state index contributed by atoms with van der Waals surface area (Å²) in [4.78, 5) is 15.9. The van der Waals surface area contributed by atoms with Gasteiger partial charge in [-0.3, -0.25) is 4.79 Å². The lowest BCUT2D eigenvalue weighted by atomic mass is 10.3. The van der Waals surface area contributed by atoms with Gasteiger partial charge in [-0.2, -0.15) is 5.10 Å². The first-order valence-electron chi connectivity index (χ1n) is 6.68. The van der Waals surface area contributed by atoms with Gasteiger partial charge >= 0.3 is 0 Å². The molecule has 0 radical (unpaired) electrons. The average Bonchev–Trinajstić information content (AvgIpc) is 2.76. The molecule has 1 N–H and O–H groups in total. The van der Waals surface area contributed by atoms with Gasteiger partial charge in [0.25, 0.3) is 5.91 Å². The van der Waals surface area contributed by atoms with Crippen molar-refractivity contribution < 1.29 is 9.53 Å². The zero-order valence-corrected chi connectivity index (χ0v) is 13.8. The molecule has 0 bridgehead atoms. The van der Waals surface area contributed by atoms with Crippen LogP contribution in [0.3, 0.4) is 0 Å². The predicted molar refractivity (Wildman–Crippen MR) is 84.5 cm³/mol. The first-order valence-corrected chi connectivity index (χ1v) is 7.44. The van der Waals surface area contributed by atoms with Crippen molar-refractivity contribution >= 4 is 29.1 Å². The maximum absolute atomic E-state index is 11.7. The van der Waals surface area contributed by atoms with Gasteiger partial charge in [0.15, 0.2) is 6.61 Å². The number of hydrogen-bond acceptors (Lipinski definition) is 4. The van der Waals surface area contributed by atoms with E-state index >= 15 is 0 Å². The first kappa shape index (κ1) is 16.6. The van der Waals surface area contributed by atoms with E-state index in [0.29, 0.717) is 34.7 Å². The fraction of sp³-hybridized carbons (Fsp3) is 0.357. The highest BCUT2D eigenvalue weighted by Gasteiger charge is 2.07. The van der Waals surface area contributed by atoms with Crippen molar-refractivity contribution in [1.29, 1.82) is 0 Å². The molecular formula is C14H16Cl2N4O2. The number of aromatic nitrogens is 3. The van der Waals surface area contributed by atoms with Gasteiger partial charge in [-0.05, 0) is 32.0 Å². The topological polar surface area (TPSA) is 69.0 Å². The Hall–Kier alpha value is -1.79. The third-order valence-corrected chi connectivity index (χ3v) is 3.39. The van der Waals surface area contributed by atoms with E-state index in [0.717, 1.165) is 5.82 Å². The van der Waals surface area contributed by atoms with Gasteiger partial charge in [0.1, 0.15) is 17.4 Å². The van der Waals surface area contributed by atoms with Crippen LogP contribution in [0, 0.1) is 13.8 Å². The smallest absolute Gasteiger partial charge is 0.258 e. The van der Waals surface area contributed by atoms with E-state index in [1.165, 1.54) is 0 Å². The lowest BCUT2D eigenvalue weighted by molar-refractivity contribution is -0.123. The Balaban J connectivity index is 1.75. The van der Waals surface area contributed by atoms with Crippen LogP contribution in [0.15, 0.2) is 18.2 Å². The maximum Gasteiger partial charge on any atom is 0.258 e. The maximum atomic E-state index is 11.7. The molecule has 6 nitrogen and oxygen atoms in total. The molecule has 0 saturated carbocycles. The molecule has 1 aromatic heterocycles. The van der Waals surface area contributed by atoms with Gasteiger partial charge in [-0.25, -0.2) is 9.67 Å². The zero-order valence-electron chi connectivity index (χ0n) is 12.3. The fourth-order valence-corrected chi connectivity index (χ4v) is 2.32. The number of nitrogens with one attached hydrogen (secondary N) is 1. The molecule has 0 spiro atoms. The normalized spacial score (nSPS) is 10.5. The van der Waals surface area contributed by atoms with Gasteiger partial charge in [-0.1, -0.05) is 23.2 Å². The molecule has 2 rings (SSSR count). The largest absolute Gasteiger partial charge is 0.482 e. The molecule has 0 atom stereocenters. The Kier molecular flexibility index (Phi) is 5.63. The monoisotopic (exact) mass is 342 g/mol. The van der Waals surface area contributed by atoms with Crippen LogP contribution in [0.4, 0.5) is 0 Å². The van der Waals surface area contributed by atoms with Crippen LogP contribution in [0.5, 0.6) is 5.75 Å². The molecule has 22 heavy (non-hydrogen) atoms. The molecule has 0 saturated heterocycles. The highest BCUT2D eigenvalue weighted by molar-refractivity contribution is 6.35. The van der Waals surface area contributed by atoms with Crippen molar-refractivity contribution in [1.82, 2.24) is 20.1 Å². The Labute approximate surface area is 138 Å². The second-order valence-corrected chi connectivity index (χ2v) is 5.49. The number of rotatable bonds is 6. The lowest BCUT2D eigenvalue weighted by Crippen LogP contribution is -2.32. The molecule has 2 aromatic rings. The molecular weight excluding hydrogens is 327 g/mol. The minimum atomic E-state index is -0.236. The van der Waals surface area contributed by atoms with E-state index in [2.05, 4.69) is 15.4 Å². The SMILES string of the molecule is Cc1nc(C)n(CCNC(=O)COc2ccc(Cl)cc2Cl)n1. The van der Waals surface area contributed by atoms with Gasteiger partial charge in [0.2, 0.25) is 0 Å². The summed E-state index contributed by atoms with van der Waals surface area (Å²) in [5.74, 6) is 1.71. The highest BCUT2D eigenvalue weighted by Crippen LogP contribution is 2.27. The number of carbonyl (C=O) groups excluding carboxylic acids is 1. The molecule has 0 aliphatic heterocycles. The summed E-state index contributed by atoms with van der Waals surface area (Å²) in [5.41, 5.74) is 0. The number of amides is 1. The van der Waals surface area contributed by atoms with Crippen LogP contribution < -0.4 is 10.1 Å². The summed E-state index contributed by atoms with van der Waals surface area (Å²) in [5, 5.41) is 7.84. The molecule has 1 heterocycles. The van der Waals surface area contributed by atoms with Gasteiger partial charge in [0, 0.05) is 11.6 Å². The molecule has 1 amide bonds. The van der Waals surface area contributed by atoms with E-state index in [4.69, 9.17) is 27.9 Å². The quantitative estimate of drug-likeness (QED) is 0.875. The van der Waals surface area contributed by atoms with Crippen molar-refractivity contribution in [3.8, 4) is 5.75 Å². The molecule has 0 aliphatic carbocycles. The average molecular weight is 343 g/mol. The van der Waals surface area contributed by atoms with Crippen LogP contribution in [-0.2, 0) is 11.3 Å². The van der Waals surface area contributed by atoms with Crippen molar-refractivity contribution in [3.63, 3.8) is 0 Å². The Morgan fingerprint density at radius 3 is 2.77 bits per heavy atom. The minimum absolute atomic E-state index is 0.114. The number of hydrogen-bond donors (Lipinski definition) is 1. The molecule has 0 fully saturated rings. The summed E-state index contributed by atoms with van der Waals surface area (Å²) >= 11 is 11.7. The predicted octanol–water partition coefficient (Wildman–Crippen LogP) is 2.40. The van der Waals surface area contributed by atoms with Gasteiger partial charge in [-0.15, -0.1) is 0 Å². The third-order valence-electron chi connectivity index (χ3n) is 2.86. The second-order valence-electron chi connectivity index (χ2n) is 4.64. The van der Waals surface area contributed by atoms with Gasteiger partial charge < -0.3 is 10.1 Å². The van der Waals surface area contributed by atoms with E-state index in [1.54, 1.807) is 22.9 Å². The standard InChI is InChI=1S/C14H16Cl2N4O2/c1-9-18-10(2)20(19-9)6-5-17-14(21)8-22-13-4-3-11(15)7-12(13)16/h3-4,7H,5-6,8H2,1-2H3,(H,17,21). The van der Waals surface area contributed by atoms with Crippen molar-refractivity contribution in [2.75, 3.05) is 13.2 Å². The zero-order chi connectivity index (χ0) is 16.1. The molecule has 1 aromatic carbocycles. The summed E-state index contributed by atoms with van der Waals surface area (Å²) in [6.07, 6.45) is 0. The number of benzene rings is 1. The van der Waals surface area contributed by atoms with Crippen LogP contribution in [-0.4, -0.2) is 33.8 Å². The highest BCUT2D eigenvalue weighted by atomic mass is 35.5. The molecule has 0 unspecified atom stereocenters. The fourth-order valence-electron chi connectivity index (χ4n) is 1.86. The minimum Gasteiger partial charge on any atom is -0.482 e. The second kappa shape index (κ2) is 7.47. The van der Waals surface area contributed by atoms with Crippen LogP contribution in [0.2, 0.25) is 10.0 Å². The molecule has 118 valence electrons. The van der Waals surface area contributed by atoms with Crippen LogP contribution in [0.25, 0.3) is 0 Å². The number of nitrogens with zero attached hydrogens (tertiary/aromatic N) is 3. The Bertz CT molecular complexity index is 673. The molecule has 0 aliphatic rings. The Morgan fingerprint density at radius 1 is 1.36 bits per heavy atom. The summed E-state index contributed by atoms with van der Waals surface area (Å²) in [6, 6.07) is 4.84. The Morgan fingerprint density at radius 2 is 2.14 bits per heavy atom. The van der Waals surface area contributed by atoms with Crippen molar-refractivity contribution in [3.05, 3.63) is 39.9 Å². The number of ether oxygens (including phenoxy) is 1. The van der Waals surface area contributed by atoms with E-state index in [9.17, 15) is 4.79 Å². The van der Waals surface area contributed by atoms with E-state index < -0.39 is 0 Å².